The summed E-state index contributed by atoms with van der Waals surface area (Å²) in [5.74, 6) is 0. The van der Waals surface area contributed by atoms with E-state index in [-0.39, 0.29) is 20.3 Å². The minimum atomic E-state index is 0. The van der Waals surface area contributed by atoms with Gasteiger partial charge in [-0.1, -0.05) is 6.08 Å². The second kappa shape index (κ2) is 3.21. The van der Waals surface area contributed by atoms with Gasteiger partial charge in [-0.25, -0.2) is 0 Å². The van der Waals surface area contributed by atoms with Crippen LogP contribution in [0.3, 0.4) is 0 Å². The molecule has 0 atom stereocenters. The Balaban J connectivity index is 0. The number of hydrogen-bond donors (Lipinski definition) is 0. The first kappa shape index (κ1) is 6.01. The Morgan fingerprint density at radius 1 is 1.67 bits per heavy atom. The van der Waals surface area contributed by atoms with Crippen LogP contribution in [0.2, 0.25) is 0 Å². The van der Waals surface area contributed by atoms with E-state index >= 15 is 0 Å². The van der Waals surface area contributed by atoms with Gasteiger partial charge in [0.25, 0.3) is 0 Å². The van der Waals surface area contributed by atoms with Crippen molar-refractivity contribution in [3.63, 3.8) is 0 Å². The zero-order valence-electron chi connectivity index (χ0n) is 4.89. The van der Waals surface area contributed by atoms with Gasteiger partial charge in [-0.2, -0.15) is 0 Å². The molecule has 0 aromatic carbocycles. The monoisotopic (exact) mass is 75.1 g/mol. The van der Waals surface area contributed by atoms with Crippen molar-refractivity contribution >= 4 is 6.21 Å². The van der Waals surface area contributed by atoms with E-state index in [1.165, 1.54) is 0 Å². The van der Waals surface area contributed by atoms with E-state index in [1.54, 1.807) is 6.20 Å². The molecule has 0 amide bonds. The van der Waals surface area contributed by atoms with E-state index in [0.717, 1.165) is 6.42 Å². The fourth-order valence-electron chi connectivity index (χ4n) is 0.304. The van der Waals surface area contributed by atoms with Crippen molar-refractivity contribution in [3.8, 4) is 0 Å². The molecule has 0 bridgehead atoms. The van der Waals surface area contributed by atoms with Gasteiger partial charge in [0.05, 0.1) is 0 Å². The van der Waals surface area contributed by atoms with E-state index in [9.17, 15) is 0 Å². The molecule has 0 aromatic rings. The fourth-order valence-corrected chi connectivity index (χ4v) is 0.304. The Bertz CT molecular complexity index is 69.8. The maximum absolute atomic E-state index is 3.78. The van der Waals surface area contributed by atoms with Crippen molar-refractivity contribution in [2.45, 2.75) is 6.42 Å². The van der Waals surface area contributed by atoms with Gasteiger partial charge in [0.15, 0.2) is 0 Å². The molecular weight excluding hydrogens is 69.0 g/mol. The predicted molar refractivity (Wildman–Crippen MR) is 23.4 cm³/mol. The molecule has 0 saturated carbocycles. The zero-order valence-corrected chi connectivity index (χ0v) is 3.89. The Labute approximate surface area is 50.8 Å². The number of hydrogen-bond acceptors (Lipinski definition) is 1. The molecule has 1 heterocycles. The van der Waals surface area contributed by atoms with Crippen molar-refractivity contribution < 1.29 is 20.3 Å². The van der Waals surface area contributed by atoms with Gasteiger partial charge in [-0.3, -0.25) is 4.99 Å². The van der Waals surface area contributed by atoms with Crippen molar-refractivity contribution in [2.24, 2.45) is 4.99 Å². The fraction of sp³-hybridized carbons (Fsp3) is 0.250. The summed E-state index contributed by atoms with van der Waals surface area (Å²) in [6, 6.07) is 0. The number of aliphatic imine (C=N–C) groups is 1. The second-order valence-corrected chi connectivity index (χ2v) is 0.952. The quantitative estimate of drug-likeness (QED) is 0.298. The van der Waals surface area contributed by atoms with Crippen molar-refractivity contribution in [2.75, 3.05) is 0 Å². The first-order valence-electron chi connectivity index (χ1n) is 1.67. The van der Waals surface area contributed by atoms with Crippen LogP contribution < -0.4 is 18.9 Å². The van der Waals surface area contributed by atoms with Gasteiger partial charge in [0, 0.05) is 18.8 Å². The zero-order chi connectivity index (χ0) is 3.54. The smallest absolute Gasteiger partial charge is 1.00 e. The molecule has 1 aliphatic rings. The maximum atomic E-state index is 3.78. The van der Waals surface area contributed by atoms with Crippen LogP contribution in [0.15, 0.2) is 17.3 Å². The number of nitrogens with zero attached hydrogens (tertiary/aromatic N) is 1. The van der Waals surface area contributed by atoms with Crippen LogP contribution >= 0.6 is 0 Å². The Kier molecular flexibility index (Phi) is 3.21. The summed E-state index contributed by atoms with van der Waals surface area (Å²) < 4.78 is 0. The average Bonchev–Trinajstić information content (AvgIpc) is 1.76. The van der Waals surface area contributed by atoms with Gasteiger partial charge in [0.1, 0.15) is 0 Å². The topological polar surface area (TPSA) is 12.4 Å². The van der Waals surface area contributed by atoms with Crippen molar-refractivity contribution in [3.05, 3.63) is 12.3 Å². The molecular formula is C4H6LiN. The first-order valence-corrected chi connectivity index (χ1v) is 1.67. The molecule has 6 heavy (non-hydrogen) atoms. The average molecular weight is 75.0 g/mol. The molecule has 0 spiro atoms. The van der Waals surface area contributed by atoms with Gasteiger partial charge >= 0.3 is 18.9 Å². The normalized spacial score (nSPS) is 14.7. The number of allylic oxidation sites excluding steroid dienone is 1. The largest absolute Gasteiger partial charge is 1.00 e. The van der Waals surface area contributed by atoms with Crippen molar-refractivity contribution in [1.82, 2.24) is 0 Å². The van der Waals surface area contributed by atoms with Crippen LogP contribution in [0.4, 0.5) is 0 Å². The molecule has 0 saturated heterocycles. The first-order chi connectivity index (χ1) is 2.50. The molecule has 0 aromatic heterocycles. The summed E-state index contributed by atoms with van der Waals surface area (Å²) in [6.07, 6.45) is 6.72. The summed E-state index contributed by atoms with van der Waals surface area (Å²) in [6.45, 7) is 0. The van der Waals surface area contributed by atoms with Crippen LogP contribution in [0.5, 0.6) is 0 Å². The minimum absolute atomic E-state index is 0. The molecule has 0 radical (unpaired) electrons. The minimum Gasteiger partial charge on any atom is -1.00 e. The van der Waals surface area contributed by atoms with Crippen LogP contribution in [-0.4, -0.2) is 6.21 Å². The molecule has 2 heteroatoms. The maximum Gasteiger partial charge on any atom is 1.00 e. The SMILES string of the molecule is C1=CN=CC1.[H-].[Li+]. The molecule has 1 aliphatic heterocycles. The van der Waals surface area contributed by atoms with Gasteiger partial charge in [0.2, 0.25) is 0 Å². The number of rotatable bonds is 0. The Morgan fingerprint density at radius 2 is 2.50 bits per heavy atom. The van der Waals surface area contributed by atoms with E-state index in [1.807, 2.05) is 12.3 Å². The van der Waals surface area contributed by atoms with Crippen LogP contribution in [0, 0.1) is 0 Å². The summed E-state index contributed by atoms with van der Waals surface area (Å²) >= 11 is 0. The Morgan fingerprint density at radius 3 is 2.67 bits per heavy atom. The molecule has 0 aliphatic carbocycles. The van der Waals surface area contributed by atoms with Gasteiger partial charge in [-0.05, 0) is 0 Å². The molecule has 1 nitrogen and oxygen atoms in total. The predicted octanol–water partition coefficient (Wildman–Crippen LogP) is -1.91. The third-order valence-electron chi connectivity index (χ3n) is 0.538. The third kappa shape index (κ3) is 1.45. The third-order valence-corrected chi connectivity index (χ3v) is 0.538. The van der Waals surface area contributed by atoms with Crippen LogP contribution in [0.25, 0.3) is 0 Å². The second-order valence-electron chi connectivity index (χ2n) is 0.952. The van der Waals surface area contributed by atoms with E-state index < -0.39 is 0 Å². The Hall–Kier alpha value is 0.00740. The molecule has 0 fully saturated rings. The van der Waals surface area contributed by atoms with Gasteiger partial charge in [-0.15, -0.1) is 0 Å². The molecule has 1 rings (SSSR count). The summed E-state index contributed by atoms with van der Waals surface area (Å²) in [4.78, 5) is 3.78. The standard InChI is InChI=1S/C4H5N.Li.H/c1-2-4-5-3-1;;/h1,3-4H,2H2;;/q;+1;-1. The van der Waals surface area contributed by atoms with Crippen LogP contribution in [0.1, 0.15) is 7.85 Å². The summed E-state index contributed by atoms with van der Waals surface area (Å²) in [5.41, 5.74) is 0. The van der Waals surface area contributed by atoms with Crippen molar-refractivity contribution in [1.29, 1.82) is 0 Å². The molecule has 28 valence electrons. The summed E-state index contributed by atoms with van der Waals surface area (Å²) in [5, 5.41) is 0. The van der Waals surface area contributed by atoms with E-state index in [4.69, 9.17) is 0 Å². The van der Waals surface area contributed by atoms with E-state index in [0.29, 0.717) is 0 Å². The summed E-state index contributed by atoms with van der Waals surface area (Å²) in [7, 11) is 0. The van der Waals surface area contributed by atoms with Gasteiger partial charge < -0.3 is 1.43 Å². The molecule has 0 N–H and O–H groups in total. The molecule has 0 unspecified atom stereocenters. The van der Waals surface area contributed by atoms with Crippen LogP contribution in [-0.2, 0) is 0 Å². The van der Waals surface area contributed by atoms with E-state index in [2.05, 4.69) is 4.99 Å².